The molecule has 6 heteroatoms. The van der Waals surface area contributed by atoms with Gasteiger partial charge in [0.25, 0.3) is 0 Å². The van der Waals surface area contributed by atoms with Crippen molar-refractivity contribution in [1.29, 1.82) is 0 Å². The standard InChI is InChI=1S/C13H23N3O2S/c1-14-13(18)11-4-2-3-6-16(11)12(17)8-10-9-19-7-5-15-10/h10-11,15H,2-9H2,1H3,(H,14,18). The summed E-state index contributed by atoms with van der Waals surface area (Å²) in [5.74, 6) is 2.20. The van der Waals surface area contributed by atoms with E-state index in [1.807, 2.05) is 11.8 Å². The smallest absolute Gasteiger partial charge is 0.242 e. The molecule has 2 atom stereocenters. The van der Waals surface area contributed by atoms with Crippen LogP contribution in [0, 0.1) is 0 Å². The topological polar surface area (TPSA) is 61.4 Å². The van der Waals surface area contributed by atoms with Crippen molar-refractivity contribution in [3.05, 3.63) is 0 Å². The highest BCUT2D eigenvalue weighted by Gasteiger charge is 2.32. The molecule has 19 heavy (non-hydrogen) atoms. The highest BCUT2D eigenvalue weighted by atomic mass is 32.2. The van der Waals surface area contributed by atoms with Crippen molar-refractivity contribution in [2.75, 3.05) is 31.6 Å². The highest BCUT2D eigenvalue weighted by molar-refractivity contribution is 7.99. The second-order valence-corrected chi connectivity index (χ2v) is 6.29. The zero-order valence-corrected chi connectivity index (χ0v) is 12.3. The van der Waals surface area contributed by atoms with Crippen molar-refractivity contribution in [1.82, 2.24) is 15.5 Å². The Kier molecular flexibility index (Phi) is 5.51. The Morgan fingerprint density at radius 2 is 2.26 bits per heavy atom. The lowest BCUT2D eigenvalue weighted by Crippen LogP contribution is -2.53. The van der Waals surface area contributed by atoms with E-state index in [4.69, 9.17) is 0 Å². The van der Waals surface area contributed by atoms with Gasteiger partial charge in [0.05, 0.1) is 0 Å². The number of rotatable bonds is 3. The molecule has 2 fully saturated rings. The van der Waals surface area contributed by atoms with Gasteiger partial charge in [-0.1, -0.05) is 0 Å². The molecule has 5 nitrogen and oxygen atoms in total. The highest BCUT2D eigenvalue weighted by Crippen LogP contribution is 2.20. The molecule has 0 aromatic rings. The van der Waals surface area contributed by atoms with Crippen LogP contribution in [0.1, 0.15) is 25.7 Å². The molecule has 108 valence electrons. The number of amides is 2. The molecule has 0 aliphatic carbocycles. The van der Waals surface area contributed by atoms with Crippen LogP contribution in [0.15, 0.2) is 0 Å². The molecule has 0 aromatic heterocycles. The number of carbonyl (C=O) groups excluding carboxylic acids is 2. The number of piperidine rings is 1. The van der Waals surface area contributed by atoms with E-state index in [0.717, 1.165) is 43.9 Å². The SMILES string of the molecule is CNC(=O)C1CCCCN1C(=O)CC1CSCCN1. The summed E-state index contributed by atoms with van der Waals surface area (Å²) in [7, 11) is 1.64. The number of hydrogen-bond acceptors (Lipinski definition) is 4. The van der Waals surface area contributed by atoms with Gasteiger partial charge in [-0.15, -0.1) is 0 Å². The van der Waals surface area contributed by atoms with Gasteiger partial charge >= 0.3 is 0 Å². The molecule has 0 radical (unpaired) electrons. The van der Waals surface area contributed by atoms with E-state index in [1.54, 1.807) is 11.9 Å². The van der Waals surface area contributed by atoms with Crippen LogP contribution in [0.2, 0.25) is 0 Å². The fourth-order valence-electron chi connectivity index (χ4n) is 2.75. The van der Waals surface area contributed by atoms with Gasteiger partial charge in [0, 0.05) is 44.1 Å². The summed E-state index contributed by atoms with van der Waals surface area (Å²) in [5, 5.41) is 6.05. The van der Waals surface area contributed by atoms with Crippen LogP contribution in [0.4, 0.5) is 0 Å². The predicted molar refractivity (Wildman–Crippen MR) is 77.2 cm³/mol. The van der Waals surface area contributed by atoms with Crippen molar-refractivity contribution in [3.63, 3.8) is 0 Å². The molecule has 0 aromatic carbocycles. The van der Waals surface area contributed by atoms with Gasteiger partial charge in [0.15, 0.2) is 0 Å². The minimum absolute atomic E-state index is 0.0287. The van der Waals surface area contributed by atoms with Crippen molar-refractivity contribution in [2.45, 2.75) is 37.8 Å². The fraction of sp³-hybridized carbons (Fsp3) is 0.846. The first-order valence-electron chi connectivity index (χ1n) is 7.04. The van der Waals surface area contributed by atoms with Crippen molar-refractivity contribution < 1.29 is 9.59 Å². The summed E-state index contributed by atoms with van der Waals surface area (Å²) in [6.07, 6.45) is 3.34. The van der Waals surface area contributed by atoms with Crippen LogP contribution in [0.25, 0.3) is 0 Å². The maximum absolute atomic E-state index is 12.4. The normalized spacial score (nSPS) is 27.9. The van der Waals surface area contributed by atoms with Crippen molar-refractivity contribution in [2.24, 2.45) is 0 Å². The van der Waals surface area contributed by atoms with Gasteiger partial charge in [0.2, 0.25) is 11.8 Å². The van der Waals surface area contributed by atoms with Gasteiger partial charge < -0.3 is 15.5 Å². The van der Waals surface area contributed by atoms with Gasteiger partial charge in [-0.2, -0.15) is 11.8 Å². The molecule has 2 heterocycles. The van der Waals surface area contributed by atoms with E-state index in [0.29, 0.717) is 6.42 Å². The number of nitrogens with one attached hydrogen (secondary N) is 2. The Morgan fingerprint density at radius 1 is 1.42 bits per heavy atom. The Morgan fingerprint density at radius 3 is 2.95 bits per heavy atom. The first kappa shape index (κ1) is 14.7. The summed E-state index contributed by atoms with van der Waals surface area (Å²) in [6, 6.07) is 0.000933. The number of likely N-dealkylation sites (tertiary alicyclic amines) is 1. The van der Waals surface area contributed by atoms with E-state index < -0.39 is 0 Å². The molecule has 0 bridgehead atoms. The van der Waals surface area contributed by atoms with E-state index in [2.05, 4.69) is 10.6 Å². The average Bonchev–Trinajstić information content (AvgIpc) is 2.47. The molecule has 2 aliphatic rings. The average molecular weight is 285 g/mol. The Labute approximate surface area is 118 Å². The fourth-order valence-corrected chi connectivity index (χ4v) is 3.70. The minimum atomic E-state index is -0.262. The molecule has 0 spiro atoms. The minimum Gasteiger partial charge on any atom is -0.357 e. The zero-order valence-electron chi connectivity index (χ0n) is 11.5. The molecule has 0 saturated carbocycles. The third kappa shape index (κ3) is 3.86. The maximum atomic E-state index is 12.4. The Bertz CT molecular complexity index is 332. The third-order valence-corrected chi connectivity index (χ3v) is 4.92. The van der Waals surface area contributed by atoms with E-state index >= 15 is 0 Å². The second kappa shape index (κ2) is 7.14. The number of hydrogen-bond donors (Lipinski definition) is 2. The summed E-state index contributed by atoms with van der Waals surface area (Å²) in [4.78, 5) is 26.0. The first-order valence-corrected chi connectivity index (χ1v) is 8.20. The van der Waals surface area contributed by atoms with Crippen molar-refractivity contribution >= 4 is 23.6 Å². The van der Waals surface area contributed by atoms with Gasteiger partial charge in [0.1, 0.15) is 6.04 Å². The van der Waals surface area contributed by atoms with Gasteiger partial charge in [-0.05, 0) is 19.3 Å². The molecule has 2 unspecified atom stereocenters. The zero-order chi connectivity index (χ0) is 13.7. The predicted octanol–water partition coefficient (Wildman–Crippen LogP) is 0.209. The van der Waals surface area contributed by atoms with Crippen LogP contribution in [0.3, 0.4) is 0 Å². The summed E-state index contributed by atoms with van der Waals surface area (Å²) in [6.45, 7) is 1.69. The lowest BCUT2D eigenvalue weighted by atomic mass is 10.0. The largest absolute Gasteiger partial charge is 0.357 e. The summed E-state index contributed by atoms with van der Waals surface area (Å²) >= 11 is 1.89. The van der Waals surface area contributed by atoms with Gasteiger partial charge in [-0.25, -0.2) is 0 Å². The third-order valence-electron chi connectivity index (χ3n) is 3.79. The van der Waals surface area contributed by atoms with Gasteiger partial charge in [-0.3, -0.25) is 9.59 Å². The number of thioether (sulfide) groups is 1. The molecular weight excluding hydrogens is 262 g/mol. The van der Waals surface area contributed by atoms with Crippen LogP contribution in [-0.4, -0.2) is 60.4 Å². The van der Waals surface area contributed by atoms with Crippen LogP contribution >= 0.6 is 11.8 Å². The molecule has 2 amide bonds. The summed E-state index contributed by atoms with van der Waals surface area (Å²) in [5.41, 5.74) is 0. The second-order valence-electron chi connectivity index (χ2n) is 5.14. The quantitative estimate of drug-likeness (QED) is 0.778. The van der Waals surface area contributed by atoms with E-state index in [9.17, 15) is 9.59 Å². The number of nitrogens with zero attached hydrogens (tertiary/aromatic N) is 1. The lowest BCUT2D eigenvalue weighted by molar-refractivity contribution is -0.142. The van der Waals surface area contributed by atoms with Crippen LogP contribution < -0.4 is 10.6 Å². The number of likely N-dealkylation sites (N-methyl/N-ethyl adjacent to an activating group) is 1. The molecule has 2 saturated heterocycles. The molecular formula is C13H23N3O2S. The molecule has 2 rings (SSSR count). The van der Waals surface area contributed by atoms with Crippen LogP contribution in [-0.2, 0) is 9.59 Å². The maximum Gasteiger partial charge on any atom is 0.242 e. The molecule has 2 aliphatic heterocycles. The van der Waals surface area contributed by atoms with E-state index in [-0.39, 0.29) is 23.9 Å². The number of carbonyl (C=O) groups is 2. The van der Waals surface area contributed by atoms with E-state index in [1.165, 1.54) is 0 Å². The van der Waals surface area contributed by atoms with Crippen molar-refractivity contribution in [3.8, 4) is 0 Å². The Hall–Kier alpha value is -0.750. The van der Waals surface area contributed by atoms with Crippen LogP contribution in [0.5, 0.6) is 0 Å². The Balaban J connectivity index is 1.92. The molecule has 2 N–H and O–H groups in total. The summed E-state index contributed by atoms with van der Waals surface area (Å²) < 4.78 is 0. The first-order chi connectivity index (χ1) is 9.22. The lowest BCUT2D eigenvalue weighted by Gasteiger charge is -2.35. The monoisotopic (exact) mass is 285 g/mol.